The maximum atomic E-state index is 15.7. The van der Waals surface area contributed by atoms with Gasteiger partial charge in [-0.3, -0.25) is 15.2 Å². The molecule has 11 heteroatoms. The first-order valence-electron chi connectivity index (χ1n) is 10.8. The van der Waals surface area contributed by atoms with E-state index in [-0.39, 0.29) is 16.8 Å². The lowest BCUT2D eigenvalue weighted by Crippen LogP contribution is -2.42. The molecule has 5 N–H and O–H groups in total. The van der Waals surface area contributed by atoms with Crippen molar-refractivity contribution in [3.63, 3.8) is 0 Å². The van der Waals surface area contributed by atoms with E-state index >= 15 is 4.39 Å². The van der Waals surface area contributed by atoms with Crippen molar-refractivity contribution < 1.29 is 9.18 Å². The first kappa shape index (κ1) is 23.1. The van der Waals surface area contributed by atoms with E-state index in [1.807, 2.05) is 20.8 Å². The second-order valence-electron chi connectivity index (χ2n) is 9.14. The first-order valence-corrected chi connectivity index (χ1v) is 10.8. The number of nitrogen functional groups attached to an aromatic ring is 1. The van der Waals surface area contributed by atoms with Crippen LogP contribution in [0.2, 0.25) is 0 Å². The Labute approximate surface area is 196 Å². The van der Waals surface area contributed by atoms with Crippen molar-refractivity contribution in [1.82, 2.24) is 25.1 Å². The van der Waals surface area contributed by atoms with Gasteiger partial charge < -0.3 is 11.5 Å². The summed E-state index contributed by atoms with van der Waals surface area (Å²) in [7, 11) is 3.28. The molecule has 0 atom stereocenters. The van der Waals surface area contributed by atoms with Gasteiger partial charge in [0.2, 0.25) is 0 Å². The van der Waals surface area contributed by atoms with Gasteiger partial charge >= 0.3 is 6.03 Å². The Kier molecular flexibility index (Phi) is 5.72. The molecule has 0 radical (unpaired) electrons. The van der Waals surface area contributed by atoms with Crippen molar-refractivity contribution >= 4 is 34.4 Å². The lowest BCUT2D eigenvalue weighted by atomic mass is 9.92. The van der Waals surface area contributed by atoms with E-state index < -0.39 is 11.8 Å². The van der Waals surface area contributed by atoms with Crippen molar-refractivity contribution in [3.8, 4) is 11.3 Å². The number of halogens is 1. The van der Waals surface area contributed by atoms with Gasteiger partial charge in [0.25, 0.3) is 0 Å². The SMILES string of the molecule is CN=C(/C=C(\N)C(C)(C)C)NC(=O)N1CCc2c1ccc(-c1nn(C)c3ncnc(N)c13)c2F. The number of nitrogens with one attached hydrogen (secondary N) is 1. The standard InChI is InChI=1S/C23H28FN9O/c1-23(2,3)15(25)10-16(27-4)30-22(34)33-9-8-12-14(33)7-6-13(18(12)24)19-17-20(26)28-11-29-21(17)32(5)31-19/h6-7,10-11H,8-9,25H2,1-5H3,(H2,26,28,29)(H,27,30,34)/b15-10-. The minimum atomic E-state index is -0.447. The predicted octanol–water partition coefficient (Wildman–Crippen LogP) is 2.74. The number of carbonyl (C=O) groups is 1. The molecule has 3 aromatic rings. The van der Waals surface area contributed by atoms with Crippen LogP contribution in [0.5, 0.6) is 0 Å². The average Bonchev–Trinajstić information content (AvgIpc) is 3.35. The van der Waals surface area contributed by atoms with Gasteiger partial charge in [-0.1, -0.05) is 20.8 Å². The number of carbonyl (C=O) groups excluding carboxylic acids is 1. The fourth-order valence-corrected chi connectivity index (χ4v) is 3.83. The van der Waals surface area contributed by atoms with Crippen LogP contribution in [-0.4, -0.2) is 45.2 Å². The van der Waals surface area contributed by atoms with Crippen LogP contribution in [0, 0.1) is 11.2 Å². The highest BCUT2D eigenvalue weighted by Gasteiger charge is 2.30. The molecule has 0 unspecified atom stereocenters. The summed E-state index contributed by atoms with van der Waals surface area (Å²) in [6.07, 6.45) is 3.34. The molecule has 1 aromatic carbocycles. The summed E-state index contributed by atoms with van der Waals surface area (Å²) < 4.78 is 17.2. The number of amidine groups is 1. The Morgan fingerprint density at radius 2 is 2.03 bits per heavy atom. The molecule has 1 aliphatic heterocycles. The van der Waals surface area contributed by atoms with Crippen LogP contribution in [0.3, 0.4) is 0 Å². The minimum absolute atomic E-state index is 0.225. The number of nitrogens with zero attached hydrogens (tertiary/aromatic N) is 6. The van der Waals surface area contributed by atoms with Crippen molar-refractivity contribution in [2.45, 2.75) is 27.2 Å². The molecule has 1 aliphatic rings. The van der Waals surface area contributed by atoms with Gasteiger partial charge in [-0.25, -0.2) is 23.8 Å². The molecule has 3 heterocycles. The molecule has 0 fully saturated rings. The third-order valence-electron chi connectivity index (χ3n) is 5.88. The third-order valence-corrected chi connectivity index (χ3v) is 5.88. The number of fused-ring (bicyclic) bond motifs is 2. The van der Waals surface area contributed by atoms with Gasteiger partial charge in [-0.15, -0.1) is 0 Å². The zero-order valence-electron chi connectivity index (χ0n) is 19.8. The maximum Gasteiger partial charge on any atom is 0.327 e. The van der Waals surface area contributed by atoms with Gasteiger partial charge in [0.05, 0.1) is 11.1 Å². The summed E-state index contributed by atoms with van der Waals surface area (Å²) >= 11 is 0. The average molecular weight is 466 g/mol. The summed E-state index contributed by atoms with van der Waals surface area (Å²) in [6, 6.07) is 2.90. The molecule has 0 spiro atoms. The normalized spacial score (nSPS) is 14.6. The predicted molar refractivity (Wildman–Crippen MR) is 131 cm³/mol. The van der Waals surface area contributed by atoms with Crippen molar-refractivity contribution in [1.29, 1.82) is 0 Å². The number of rotatable bonds is 2. The fraction of sp³-hybridized carbons (Fsp3) is 0.348. The van der Waals surface area contributed by atoms with Crippen LogP contribution >= 0.6 is 0 Å². The molecular formula is C23H28FN9O. The van der Waals surface area contributed by atoms with Gasteiger partial charge in [-0.2, -0.15) is 5.10 Å². The molecule has 34 heavy (non-hydrogen) atoms. The molecule has 10 nitrogen and oxygen atoms in total. The lowest BCUT2D eigenvalue weighted by molar-refractivity contribution is 0.251. The lowest BCUT2D eigenvalue weighted by Gasteiger charge is -2.21. The smallest absolute Gasteiger partial charge is 0.327 e. The Morgan fingerprint density at radius 3 is 2.71 bits per heavy atom. The van der Waals surface area contributed by atoms with Crippen LogP contribution in [0.4, 0.5) is 20.7 Å². The summed E-state index contributed by atoms with van der Waals surface area (Å²) in [6.45, 7) is 6.23. The van der Waals surface area contributed by atoms with E-state index in [2.05, 4.69) is 25.4 Å². The second-order valence-corrected chi connectivity index (χ2v) is 9.14. The summed E-state index contributed by atoms with van der Waals surface area (Å²) in [5.41, 5.74) is 14.5. The number of nitrogens with two attached hydrogens (primary N) is 2. The van der Waals surface area contributed by atoms with Gasteiger partial charge in [-0.05, 0) is 24.6 Å². The number of hydrogen-bond acceptors (Lipinski definition) is 7. The van der Waals surface area contributed by atoms with E-state index in [1.54, 1.807) is 32.3 Å². The summed E-state index contributed by atoms with van der Waals surface area (Å²) in [5.74, 6) is 0.110. The maximum absolute atomic E-state index is 15.7. The van der Waals surface area contributed by atoms with Gasteiger partial charge in [0, 0.05) is 42.9 Å². The number of urea groups is 1. The van der Waals surface area contributed by atoms with E-state index in [0.717, 1.165) is 0 Å². The number of allylic oxidation sites excluding steroid dienone is 1. The van der Waals surface area contributed by atoms with E-state index in [9.17, 15) is 4.79 Å². The molecule has 0 aliphatic carbocycles. The molecule has 2 amide bonds. The number of aromatic nitrogens is 4. The quantitative estimate of drug-likeness (QED) is 0.393. The number of aryl methyl sites for hydroxylation is 1. The number of anilines is 2. The van der Waals surface area contributed by atoms with Crippen LogP contribution in [-0.2, 0) is 13.5 Å². The highest BCUT2D eigenvalue weighted by molar-refractivity contribution is 6.09. The number of benzene rings is 1. The largest absolute Gasteiger partial charge is 0.401 e. The zero-order chi connectivity index (χ0) is 24.8. The zero-order valence-corrected chi connectivity index (χ0v) is 19.8. The number of aliphatic imine (C=N–C) groups is 1. The summed E-state index contributed by atoms with van der Waals surface area (Å²) in [5, 5.41) is 7.68. The van der Waals surface area contributed by atoms with Crippen LogP contribution in [0.15, 0.2) is 35.2 Å². The Balaban J connectivity index is 1.66. The van der Waals surface area contributed by atoms with E-state index in [1.165, 1.54) is 15.9 Å². The highest BCUT2D eigenvalue weighted by Crippen LogP contribution is 2.38. The van der Waals surface area contributed by atoms with E-state index in [0.29, 0.717) is 52.5 Å². The molecule has 0 bridgehead atoms. The Morgan fingerprint density at radius 1 is 1.29 bits per heavy atom. The number of hydrogen-bond donors (Lipinski definition) is 3. The monoisotopic (exact) mass is 465 g/mol. The molecular weight excluding hydrogens is 437 g/mol. The Hall–Kier alpha value is -4.02. The van der Waals surface area contributed by atoms with Crippen molar-refractivity contribution in [2.75, 3.05) is 24.2 Å². The molecule has 4 rings (SSSR count). The second kappa shape index (κ2) is 8.40. The molecule has 0 saturated heterocycles. The molecule has 0 saturated carbocycles. The van der Waals surface area contributed by atoms with Gasteiger partial charge in [0.15, 0.2) is 5.65 Å². The first-order chi connectivity index (χ1) is 16.0. The topological polar surface area (TPSA) is 140 Å². The Bertz CT molecular complexity index is 1350. The van der Waals surface area contributed by atoms with Crippen LogP contribution in [0.1, 0.15) is 26.3 Å². The summed E-state index contributed by atoms with van der Waals surface area (Å²) in [4.78, 5) is 26.8. The molecule has 2 aromatic heterocycles. The third kappa shape index (κ3) is 3.93. The van der Waals surface area contributed by atoms with Crippen LogP contribution in [0.25, 0.3) is 22.3 Å². The van der Waals surface area contributed by atoms with Crippen molar-refractivity contribution in [3.05, 3.63) is 41.6 Å². The van der Waals surface area contributed by atoms with Gasteiger partial charge in [0.1, 0.15) is 29.5 Å². The van der Waals surface area contributed by atoms with Crippen LogP contribution < -0.4 is 21.7 Å². The van der Waals surface area contributed by atoms with E-state index in [4.69, 9.17) is 11.5 Å². The number of amides is 2. The highest BCUT2D eigenvalue weighted by atomic mass is 19.1. The fourth-order valence-electron chi connectivity index (χ4n) is 3.83. The molecule has 178 valence electrons. The minimum Gasteiger partial charge on any atom is -0.401 e. The van der Waals surface area contributed by atoms with Crippen molar-refractivity contribution in [2.24, 2.45) is 23.2 Å².